The minimum absolute atomic E-state index is 0.578. The summed E-state index contributed by atoms with van der Waals surface area (Å²) in [5.74, 6) is 0.856. The van der Waals surface area contributed by atoms with Gasteiger partial charge in [0.1, 0.15) is 12.1 Å². The average molecular weight is 273 g/mol. The number of nitrogens with two attached hydrogens (primary N) is 1. The number of rotatable bonds is 6. The van der Waals surface area contributed by atoms with Crippen LogP contribution >= 0.6 is 0 Å². The Hall–Kier alpha value is -1.88. The fraction of sp³-hybridized carbons (Fsp3) is 0.467. The first-order valence-corrected chi connectivity index (χ1v) is 7.02. The molecule has 20 heavy (non-hydrogen) atoms. The van der Waals surface area contributed by atoms with E-state index < -0.39 is 0 Å². The summed E-state index contributed by atoms with van der Waals surface area (Å²) in [5.41, 5.74) is 7.47. The smallest absolute Gasteiger partial charge is 0.137 e. The molecule has 0 aliphatic carbocycles. The number of anilines is 2. The van der Waals surface area contributed by atoms with Gasteiger partial charge in [0.15, 0.2) is 0 Å². The van der Waals surface area contributed by atoms with Gasteiger partial charge in [-0.1, -0.05) is 0 Å². The molecule has 0 spiro atoms. The lowest BCUT2D eigenvalue weighted by Gasteiger charge is -2.20. The number of fused-ring (bicyclic) bond motifs is 1. The lowest BCUT2D eigenvalue weighted by Crippen LogP contribution is -2.28. The molecule has 0 aliphatic rings. The normalized spacial score (nSPS) is 11.4. The van der Waals surface area contributed by atoms with E-state index in [0.29, 0.717) is 6.04 Å². The maximum absolute atomic E-state index is 5.83. The molecule has 0 atom stereocenters. The van der Waals surface area contributed by atoms with E-state index in [1.165, 1.54) is 0 Å². The van der Waals surface area contributed by atoms with Crippen LogP contribution in [0.2, 0.25) is 0 Å². The van der Waals surface area contributed by atoms with Gasteiger partial charge in [-0.25, -0.2) is 9.97 Å². The minimum atomic E-state index is 0.578. The Morgan fingerprint density at radius 3 is 2.85 bits per heavy atom. The van der Waals surface area contributed by atoms with Crippen LogP contribution in [0.4, 0.5) is 11.5 Å². The number of hydrogen-bond donors (Lipinski definition) is 2. The SMILES string of the molecule is CC(C)N(C)CCCNc1ncnc2ccc(N)cc12. The molecule has 0 saturated heterocycles. The van der Waals surface area contributed by atoms with Crippen molar-refractivity contribution in [2.75, 3.05) is 31.2 Å². The predicted molar refractivity (Wildman–Crippen MR) is 84.8 cm³/mol. The zero-order chi connectivity index (χ0) is 14.5. The summed E-state index contributed by atoms with van der Waals surface area (Å²) in [6.07, 6.45) is 2.66. The van der Waals surface area contributed by atoms with E-state index in [2.05, 4.69) is 41.1 Å². The van der Waals surface area contributed by atoms with Gasteiger partial charge in [0.05, 0.1) is 5.52 Å². The fourth-order valence-corrected chi connectivity index (χ4v) is 2.01. The van der Waals surface area contributed by atoms with Gasteiger partial charge in [0, 0.05) is 23.7 Å². The van der Waals surface area contributed by atoms with Crippen molar-refractivity contribution in [3.8, 4) is 0 Å². The first kappa shape index (κ1) is 14.5. The molecule has 0 aliphatic heterocycles. The number of hydrogen-bond acceptors (Lipinski definition) is 5. The predicted octanol–water partition coefficient (Wildman–Crippen LogP) is 2.35. The maximum atomic E-state index is 5.83. The zero-order valence-corrected chi connectivity index (χ0v) is 12.4. The molecule has 0 radical (unpaired) electrons. The van der Waals surface area contributed by atoms with Crippen molar-refractivity contribution in [1.29, 1.82) is 0 Å². The molecule has 1 aromatic heterocycles. The molecule has 0 unspecified atom stereocenters. The van der Waals surface area contributed by atoms with Gasteiger partial charge in [-0.2, -0.15) is 0 Å². The molecule has 2 rings (SSSR count). The van der Waals surface area contributed by atoms with Crippen LogP contribution in [0, 0.1) is 0 Å². The summed E-state index contributed by atoms with van der Waals surface area (Å²) >= 11 is 0. The number of aromatic nitrogens is 2. The minimum Gasteiger partial charge on any atom is -0.399 e. The summed E-state index contributed by atoms with van der Waals surface area (Å²) in [7, 11) is 2.14. The Labute approximate surface area is 120 Å². The molecule has 1 aromatic carbocycles. The van der Waals surface area contributed by atoms with Crippen molar-refractivity contribution in [2.24, 2.45) is 0 Å². The van der Waals surface area contributed by atoms with Gasteiger partial charge in [-0.05, 0) is 52.1 Å². The first-order chi connectivity index (χ1) is 9.58. The highest BCUT2D eigenvalue weighted by Gasteiger charge is 2.05. The van der Waals surface area contributed by atoms with Crippen LogP contribution in [-0.2, 0) is 0 Å². The lowest BCUT2D eigenvalue weighted by atomic mass is 10.2. The van der Waals surface area contributed by atoms with E-state index in [-0.39, 0.29) is 0 Å². The van der Waals surface area contributed by atoms with Crippen LogP contribution in [0.1, 0.15) is 20.3 Å². The van der Waals surface area contributed by atoms with Crippen LogP contribution in [0.5, 0.6) is 0 Å². The van der Waals surface area contributed by atoms with Gasteiger partial charge in [-0.15, -0.1) is 0 Å². The molecule has 5 nitrogen and oxygen atoms in total. The second-order valence-electron chi connectivity index (χ2n) is 5.35. The third-order valence-corrected chi connectivity index (χ3v) is 3.52. The number of nitrogens with one attached hydrogen (secondary N) is 1. The van der Waals surface area contributed by atoms with E-state index >= 15 is 0 Å². The molecule has 0 saturated carbocycles. The number of nitrogen functional groups attached to an aromatic ring is 1. The van der Waals surface area contributed by atoms with Gasteiger partial charge in [0.25, 0.3) is 0 Å². The summed E-state index contributed by atoms with van der Waals surface area (Å²) in [5, 5.41) is 4.35. The highest BCUT2D eigenvalue weighted by Crippen LogP contribution is 2.21. The number of benzene rings is 1. The first-order valence-electron chi connectivity index (χ1n) is 7.02. The van der Waals surface area contributed by atoms with E-state index in [1.54, 1.807) is 6.33 Å². The molecule has 108 valence electrons. The summed E-state index contributed by atoms with van der Waals surface area (Å²) in [6, 6.07) is 6.27. The van der Waals surface area contributed by atoms with E-state index in [1.807, 2.05) is 18.2 Å². The van der Waals surface area contributed by atoms with Crippen LogP contribution < -0.4 is 11.1 Å². The Bertz CT molecular complexity index is 567. The quantitative estimate of drug-likeness (QED) is 0.624. The van der Waals surface area contributed by atoms with Crippen LogP contribution in [0.25, 0.3) is 10.9 Å². The van der Waals surface area contributed by atoms with Gasteiger partial charge in [0.2, 0.25) is 0 Å². The number of nitrogens with zero attached hydrogens (tertiary/aromatic N) is 3. The Morgan fingerprint density at radius 1 is 1.30 bits per heavy atom. The topological polar surface area (TPSA) is 67.1 Å². The summed E-state index contributed by atoms with van der Waals surface area (Å²) in [6.45, 7) is 6.36. The average Bonchev–Trinajstić information content (AvgIpc) is 2.43. The highest BCUT2D eigenvalue weighted by atomic mass is 15.1. The Morgan fingerprint density at radius 2 is 2.10 bits per heavy atom. The molecule has 1 heterocycles. The van der Waals surface area contributed by atoms with E-state index in [9.17, 15) is 0 Å². The maximum Gasteiger partial charge on any atom is 0.137 e. The summed E-state index contributed by atoms with van der Waals surface area (Å²) in [4.78, 5) is 10.9. The third-order valence-electron chi connectivity index (χ3n) is 3.52. The van der Waals surface area contributed by atoms with E-state index in [0.717, 1.165) is 41.9 Å². The molecule has 5 heteroatoms. The van der Waals surface area contributed by atoms with Crippen LogP contribution in [0.3, 0.4) is 0 Å². The third kappa shape index (κ3) is 3.57. The largest absolute Gasteiger partial charge is 0.399 e. The van der Waals surface area contributed by atoms with E-state index in [4.69, 9.17) is 5.73 Å². The van der Waals surface area contributed by atoms with Crippen LogP contribution in [-0.4, -0.2) is 41.0 Å². The molecule has 0 bridgehead atoms. The monoisotopic (exact) mass is 273 g/mol. The van der Waals surface area contributed by atoms with Crippen molar-refractivity contribution in [1.82, 2.24) is 14.9 Å². The van der Waals surface area contributed by atoms with Gasteiger partial charge in [-0.3, -0.25) is 0 Å². The second kappa shape index (κ2) is 6.52. The molecular formula is C15H23N5. The molecule has 0 amide bonds. The molecule has 2 aromatic rings. The van der Waals surface area contributed by atoms with Crippen LogP contribution in [0.15, 0.2) is 24.5 Å². The van der Waals surface area contributed by atoms with Crippen molar-refractivity contribution < 1.29 is 0 Å². The van der Waals surface area contributed by atoms with Crippen molar-refractivity contribution >= 4 is 22.4 Å². The fourth-order valence-electron chi connectivity index (χ4n) is 2.01. The Kier molecular flexibility index (Phi) is 4.74. The zero-order valence-electron chi connectivity index (χ0n) is 12.4. The summed E-state index contributed by atoms with van der Waals surface area (Å²) < 4.78 is 0. The van der Waals surface area contributed by atoms with Crippen molar-refractivity contribution in [2.45, 2.75) is 26.3 Å². The molecular weight excluding hydrogens is 250 g/mol. The second-order valence-corrected chi connectivity index (χ2v) is 5.35. The lowest BCUT2D eigenvalue weighted by molar-refractivity contribution is 0.273. The van der Waals surface area contributed by atoms with Gasteiger partial charge >= 0.3 is 0 Å². The standard InChI is InChI=1S/C15H23N5/c1-11(2)20(3)8-4-7-17-15-13-9-12(16)5-6-14(13)18-10-19-15/h5-6,9-11H,4,7-8,16H2,1-3H3,(H,17,18,19). The van der Waals surface area contributed by atoms with Gasteiger partial charge < -0.3 is 16.0 Å². The highest BCUT2D eigenvalue weighted by molar-refractivity contribution is 5.91. The molecule has 0 fully saturated rings. The molecule has 3 N–H and O–H groups in total. The van der Waals surface area contributed by atoms with Crippen molar-refractivity contribution in [3.05, 3.63) is 24.5 Å². The Balaban J connectivity index is 1.98. The van der Waals surface area contributed by atoms with Crippen molar-refractivity contribution in [3.63, 3.8) is 0 Å².